The number of carboxylic acids is 1. The molecule has 0 fully saturated rings. The molecular weight excluding hydrogens is 403 g/mol. The molecule has 6 nitrogen and oxygen atoms in total. The van der Waals surface area contributed by atoms with Gasteiger partial charge in [-0.25, -0.2) is 19.2 Å². The predicted octanol–water partition coefficient (Wildman–Crippen LogP) is 5.03. The lowest BCUT2D eigenvalue weighted by Crippen LogP contribution is -2.12. The Balaban J connectivity index is 1.52. The molecule has 0 bridgehead atoms. The van der Waals surface area contributed by atoms with Gasteiger partial charge in [0, 0.05) is 24.5 Å². The molecule has 0 spiro atoms. The monoisotopic (exact) mass is 424 g/mol. The molecule has 0 saturated carbocycles. The number of aromatic carboxylic acids is 1. The van der Waals surface area contributed by atoms with Crippen molar-refractivity contribution in [2.24, 2.45) is 0 Å². The Morgan fingerprint density at radius 1 is 1.20 bits per heavy atom. The fourth-order valence-electron chi connectivity index (χ4n) is 3.64. The van der Waals surface area contributed by atoms with Gasteiger partial charge in [0.25, 0.3) is 0 Å². The topological polar surface area (TPSA) is 80.0 Å². The summed E-state index contributed by atoms with van der Waals surface area (Å²) in [6.07, 6.45) is 1.45. The van der Waals surface area contributed by atoms with Crippen LogP contribution in [0.1, 0.15) is 26.5 Å². The SMILES string of the molecule is Cc1cc(-c2cc(NCCn3c(C)c(F)c4c(C)cccc43)ncn2)sc1C(=O)O. The van der Waals surface area contributed by atoms with Crippen molar-refractivity contribution in [2.75, 3.05) is 11.9 Å². The van der Waals surface area contributed by atoms with E-state index in [1.165, 1.54) is 17.7 Å². The number of rotatable bonds is 6. The van der Waals surface area contributed by atoms with Crippen LogP contribution in [0.15, 0.2) is 36.7 Å². The average molecular weight is 425 g/mol. The highest BCUT2D eigenvalue weighted by Crippen LogP contribution is 2.31. The third-order valence-electron chi connectivity index (χ3n) is 5.16. The van der Waals surface area contributed by atoms with Gasteiger partial charge < -0.3 is 15.0 Å². The third-order valence-corrected chi connectivity index (χ3v) is 6.40. The second-order valence-electron chi connectivity index (χ2n) is 7.16. The molecule has 154 valence electrons. The smallest absolute Gasteiger partial charge is 0.346 e. The molecule has 2 N–H and O–H groups in total. The van der Waals surface area contributed by atoms with Crippen molar-refractivity contribution < 1.29 is 14.3 Å². The van der Waals surface area contributed by atoms with Crippen LogP contribution in [0.2, 0.25) is 0 Å². The quantitative estimate of drug-likeness (QED) is 0.454. The van der Waals surface area contributed by atoms with E-state index in [9.17, 15) is 14.3 Å². The molecule has 0 aliphatic rings. The standard InChI is InChI=1S/C22H21FN4O2S/c1-12-5-4-6-16-19(12)20(23)14(3)27(16)8-7-24-18-10-15(25-11-26-18)17-9-13(2)21(30-17)22(28)29/h4-6,9-11H,7-8H2,1-3H3,(H,28,29)(H,24,25,26). The molecule has 0 saturated heterocycles. The zero-order valence-electron chi connectivity index (χ0n) is 16.9. The Bertz CT molecular complexity index is 1260. The number of carbonyl (C=O) groups is 1. The molecule has 0 aliphatic heterocycles. The highest BCUT2D eigenvalue weighted by atomic mass is 32.1. The minimum atomic E-state index is -0.937. The van der Waals surface area contributed by atoms with Crippen molar-refractivity contribution in [2.45, 2.75) is 27.3 Å². The zero-order chi connectivity index (χ0) is 21.4. The minimum Gasteiger partial charge on any atom is -0.477 e. The van der Waals surface area contributed by atoms with Gasteiger partial charge in [0.15, 0.2) is 5.82 Å². The summed E-state index contributed by atoms with van der Waals surface area (Å²) in [6, 6.07) is 9.40. The van der Waals surface area contributed by atoms with Crippen LogP contribution in [0.3, 0.4) is 0 Å². The second kappa shape index (κ2) is 7.87. The lowest BCUT2D eigenvalue weighted by Gasteiger charge is -2.10. The van der Waals surface area contributed by atoms with E-state index >= 15 is 0 Å². The number of carboxylic acid groups (broad SMARTS) is 1. The number of nitrogens with one attached hydrogen (secondary N) is 1. The summed E-state index contributed by atoms with van der Waals surface area (Å²) in [7, 11) is 0. The highest BCUT2D eigenvalue weighted by Gasteiger charge is 2.16. The molecule has 0 aliphatic carbocycles. The van der Waals surface area contributed by atoms with E-state index < -0.39 is 5.97 Å². The Morgan fingerprint density at radius 2 is 2.00 bits per heavy atom. The van der Waals surface area contributed by atoms with Gasteiger partial charge in [-0.15, -0.1) is 11.3 Å². The molecule has 3 aromatic heterocycles. The molecule has 4 aromatic rings. The Kier molecular flexibility index (Phi) is 5.26. The molecule has 1 aromatic carbocycles. The van der Waals surface area contributed by atoms with E-state index in [0.29, 0.717) is 46.1 Å². The van der Waals surface area contributed by atoms with Gasteiger partial charge in [0.05, 0.1) is 21.8 Å². The van der Waals surface area contributed by atoms with Gasteiger partial charge in [0.2, 0.25) is 0 Å². The van der Waals surface area contributed by atoms with Crippen LogP contribution in [0.25, 0.3) is 21.5 Å². The largest absolute Gasteiger partial charge is 0.477 e. The normalized spacial score (nSPS) is 11.2. The summed E-state index contributed by atoms with van der Waals surface area (Å²) in [5.74, 6) is -0.476. The number of anilines is 1. The van der Waals surface area contributed by atoms with Gasteiger partial charge >= 0.3 is 5.97 Å². The van der Waals surface area contributed by atoms with Gasteiger partial charge in [-0.2, -0.15) is 0 Å². The number of nitrogens with zero attached hydrogens (tertiary/aromatic N) is 3. The average Bonchev–Trinajstić information content (AvgIpc) is 3.22. The molecule has 0 unspecified atom stereocenters. The van der Waals surface area contributed by atoms with Crippen molar-refractivity contribution in [3.63, 3.8) is 0 Å². The molecule has 0 amide bonds. The van der Waals surface area contributed by atoms with Crippen LogP contribution in [0, 0.1) is 26.6 Å². The first-order valence-corrected chi connectivity index (χ1v) is 10.3. The van der Waals surface area contributed by atoms with Crippen LogP contribution < -0.4 is 5.32 Å². The van der Waals surface area contributed by atoms with Crippen molar-refractivity contribution >= 4 is 34.0 Å². The number of aromatic nitrogens is 3. The lowest BCUT2D eigenvalue weighted by molar-refractivity contribution is 0.0701. The van der Waals surface area contributed by atoms with Gasteiger partial charge in [-0.3, -0.25) is 0 Å². The molecule has 4 rings (SSSR count). The Morgan fingerprint density at radius 3 is 2.73 bits per heavy atom. The summed E-state index contributed by atoms with van der Waals surface area (Å²) in [5.41, 5.74) is 3.79. The molecular formula is C22H21FN4O2S. The van der Waals surface area contributed by atoms with Gasteiger partial charge in [0.1, 0.15) is 17.0 Å². The van der Waals surface area contributed by atoms with Crippen LogP contribution in [0.5, 0.6) is 0 Å². The Hall–Kier alpha value is -3.26. The predicted molar refractivity (Wildman–Crippen MR) is 117 cm³/mol. The number of fused-ring (bicyclic) bond motifs is 1. The number of hydrogen-bond donors (Lipinski definition) is 2. The minimum absolute atomic E-state index is 0.172. The fraction of sp³-hybridized carbons (Fsp3) is 0.227. The fourth-order valence-corrected chi connectivity index (χ4v) is 4.62. The van der Waals surface area contributed by atoms with Gasteiger partial charge in [-0.1, -0.05) is 12.1 Å². The first-order chi connectivity index (χ1) is 14.4. The van der Waals surface area contributed by atoms with Crippen molar-refractivity contribution in [1.82, 2.24) is 14.5 Å². The summed E-state index contributed by atoms with van der Waals surface area (Å²) in [4.78, 5) is 20.9. The summed E-state index contributed by atoms with van der Waals surface area (Å²) < 4.78 is 16.6. The lowest BCUT2D eigenvalue weighted by atomic mass is 10.1. The molecule has 3 heterocycles. The first kappa shape index (κ1) is 20.0. The Labute approximate surface area is 177 Å². The number of aryl methyl sites for hydroxylation is 2. The number of benzene rings is 1. The summed E-state index contributed by atoms with van der Waals surface area (Å²) in [6.45, 7) is 6.61. The van der Waals surface area contributed by atoms with E-state index in [1.807, 2.05) is 35.8 Å². The summed E-state index contributed by atoms with van der Waals surface area (Å²) >= 11 is 1.19. The van der Waals surface area contributed by atoms with Crippen LogP contribution in [0.4, 0.5) is 10.2 Å². The van der Waals surface area contributed by atoms with Crippen LogP contribution >= 0.6 is 11.3 Å². The van der Waals surface area contributed by atoms with E-state index in [-0.39, 0.29) is 5.82 Å². The molecule has 0 atom stereocenters. The molecule has 30 heavy (non-hydrogen) atoms. The van der Waals surface area contributed by atoms with E-state index in [1.54, 1.807) is 19.9 Å². The highest BCUT2D eigenvalue weighted by molar-refractivity contribution is 7.17. The summed E-state index contributed by atoms with van der Waals surface area (Å²) in [5, 5.41) is 13.2. The number of halogens is 1. The zero-order valence-corrected chi connectivity index (χ0v) is 17.7. The van der Waals surface area contributed by atoms with Crippen LogP contribution in [-0.4, -0.2) is 32.2 Å². The van der Waals surface area contributed by atoms with Crippen molar-refractivity contribution in [3.05, 3.63) is 64.2 Å². The maximum Gasteiger partial charge on any atom is 0.346 e. The van der Waals surface area contributed by atoms with Gasteiger partial charge in [-0.05, 0) is 44.0 Å². The maximum atomic E-state index is 14.7. The molecule has 0 radical (unpaired) electrons. The number of hydrogen-bond acceptors (Lipinski definition) is 5. The second-order valence-corrected chi connectivity index (χ2v) is 8.22. The van der Waals surface area contributed by atoms with E-state index in [4.69, 9.17) is 0 Å². The molecule has 8 heteroatoms. The van der Waals surface area contributed by atoms with Crippen LogP contribution in [-0.2, 0) is 6.54 Å². The van der Waals surface area contributed by atoms with E-state index in [2.05, 4.69) is 15.3 Å². The maximum absolute atomic E-state index is 14.7. The van der Waals surface area contributed by atoms with Crippen molar-refractivity contribution in [3.8, 4) is 10.6 Å². The third kappa shape index (κ3) is 3.54. The number of thiophene rings is 1. The first-order valence-electron chi connectivity index (χ1n) is 9.50. The van der Waals surface area contributed by atoms with E-state index in [0.717, 1.165) is 16.0 Å². The van der Waals surface area contributed by atoms with Crippen molar-refractivity contribution in [1.29, 1.82) is 0 Å².